The number of aromatic amines is 1. The summed E-state index contributed by atoms with van der Waals surface area (Å²) in [6.45, 7) is 4.16. The molecule has 0 unspecified atom stereocenters. The summed E-state index contributed by atoms with van der Waals surface area (Å²) < 4.78 is 0. The fourth-order valence-electron chi connectivity index (χ4n) is 1.85. The molecule has 0 aliphatic heterocycles. The van der Waals surface area contributed by atoms with Crippen LogP contribution in [0, 0.1) is 0 Å². The predicted octanol–water partition coefficient (Wildman–Crippen LogP) is 2.90. The smallest absolute Gasteiger partial charge is 0.186 e. The highest BCUT2D eigenvalue weighted by molar-refractivity contribution is 7.08. The molecule has 5 nitrogen and oxygen atoms in total. The van der Waals surface area contributed by atoms with Gasteiger partial charge in [-0.1, -0.05) is 0 Å². The maximum atomic E-state index is 4.31. The number of nitrogens with zero attached hydrogens (tertiary/aromatic N) is 3. The largest absolute Gasteiger partial charge is 0.367 e. The van der Waals surface area contributed by atoms with Gasteiger partial charge in [0, 0.05) is 17.0 Å². The molecule has 0 amide bonds. The molecule has 3 aromatic heterocycles. The van der Waals surface area contributed by atoms with Crippen LogP contribution in [0.1, 0.15) is 13.8 Å². The van der Waals surface area contributed by atoms with Crippen LogP contribution in [-0.2, 0) is 0 Å². The number of hydrogen-bond donors (Lipinski definition) is 2. The molecule has 6 heteroatoms. The van der Waals surface area contributed by atoms with Crippen molar-refractivity contribution >= 4 is 28.2 Å². The Hall–Kier alpha value is -1.95. The molecule has 0 saturated heterocycles. The lowest BCUT2D eigenvalue weighted by Gasteiger charge is -2.09. The SMILES string of the molecule is CC(C)Nc1ncnc2n[nH]c(-c3ccsc3)c12. The van der Waals surface area contributed by atoms with Crippen molar-refractivity contribution in [3.8, 4) is 11.3 Å². The molecular weight excluding hydrogens is 246 g/mol. The van der Waals surface area contributed by atoms with Crippen molar-refractivity contribution in [2.75, 3.05) is 5.32 Å². The van der Waals surface area contributed by atoms with E-state index in [0.717, 1.165) is 22.5 Å². The quantitative estimate of drug-likeness (QED) is 0.759. The fraction of sp³-hybridized carbons (Fsp3) is 0.250. The third-order valence-corrected chi connectivity index (χ3v) is 3.27. The van der Waals surface area contributed by atoms with Gasteiger partial charge in [0.05, 0.1) is 11.1 Å². The maximum Gasteiger partial charge on any atom is 0.186 e. The Morgan fingerprint density at radius 3 is 2.94 bits per heavy atom. The zero-order chi connectivity index (χ0) is 12.5. The number of fused-ring (bicyclic) bond motifs is 1. The van der Waals surface area contributed by atoms with Crippen LogP contribution in [0.5, 0.6) is 0 Å². The summed E-state index contributed by atoms with van der Waals surface area (Å²) in [5.41, 5.74) is 2.77. The van der Waals surface area contributed by atoms with Crippen LogP contribution in [0.3, 0.4) is 0 Å². The standard InChI is InChI=1S/C12H13N5S/c1-7(2)15-11-9-10(8-3-4-18-5-8)16-17-12(9)14-6-13-11/h3-7H,1-2H3,(H2,13,14,15,16,17). The second kappa shape index (κ2) is 4.38. The molecule has 92 valence electrons. The van der Waals surface area contributed by atoms with Gasteiger partial charge in [-0.2, -0.15) is 16.4 Å². The van der Waals surface area contributed by atoms with Crippen molar-refractivity contribution in [3.05, 3.63) is 23.2 Å². The van der Waals surface area contributed by atoms with Crippen molar-refractivity contribution < 1.29 is 0 Å². The van der Waals surface area contributed by atoms with E-state index in [9.17, 15) is 0 Å². The predicted molar refractivity (Wildman–Crippen MR) is 73.8 cm³/mol. The normalized spacial score (nSPS) is 11.3. The molecule has 0 fully saturated rings. The molecule has 0 saturated carbocycles. The molecule has 2 N–H and O–H groups in total. The summed E-state index contributed by atoms with van der Waals surface area (Å²) in [5.74, 6) is 0.824. The van der Waals surface area contributed by atoms with E-state index in [1.165, 1.54) is 6.33 Å². The van der Waals surface area contributed by atoms with E-state index in [-0.39, 0.29) is 0 Å². The highest BCUT2D eigenvalue weighted by atomic mass is 32.1. The van der Waals surface area contributed by atoms with E-state index in [1.54, 1.807) is 11.3 Å². The van der Waals surface area contributed by atoms with E-state index in [0.29, 0.717) is 11.7 Å². The Morgan fingerprint density at radius 2 is 2.22 bits per heavy atom. The molecule has 0 bridgehead atoms. The molecule has 0 aromatic carbocycles. The summed E-state index contributed by atoms with van der Waals surface area (Å²) in [6, 6.07) is 2.37. The van der Waals surface area contributed by atoms with E-state index in [4.69, 9.17) is 0 Å². The van der Waals surface area contributed by atoms with Crippen LogP contribution < -0.4 is 5.32 Å². The first kappa shape index (κ1) is 11.2. The molecule has 0 aliphatic carbocycles. The Kier molecular flexibility index (Phi) is 2.71. The molecule has 0 aliphatic rings. The summed E-state index contributed by atoms with van der Waals surface area (Å²) in [7, 11) is 0. The van der Waals surface area contributed by atoms with Gasteiger partial charge in [0.25, 0.3) is 0 Å². The third-order valence-electron chi connectivity index (χ3n) is 2.59. The van der Waals surface area contributed by atoms with Crippen LogP contribution in [0.4, 0.5) is 5.82 Å². The van der Waals surface area contributed by atoms with Crippen molar-refractivity contribution in [2.24, 2.45) is 0 Å². The Morgan fingerprint density at radius 1 is 1.33 bits per heavy atom. The number of hydrogen-bond acceptors (Lipinski definition) is 5. The zero-order valence-corrected chi connectivity index (χ0v) is 11.0. The minimum atomic E-state index is 0.313. The summed E-state index contributed by atoms with van der Waals surface area (Å²) in [5, 5.41) is 15.7. The Bertz CT molecular complexity index is 656. The van der Waals surface area contributed by atoms with E-state index < -0.39 is 0 Å². The van der Waals surface area contributed by atoms with E-state index >= 15 is 0 Å². The maximum absolute atomic E-state index is 4.31. The Balaban J connectivity index is 2.21. The van der Waals surface area contributed by atoms with Crippen LogP contribution >= 0.6 is 11.3 Å². The van der Waals surface area contributed by atoms with Gasteiger partial charge in [-0.25, -0.2) is 9.97 Å². The van der Waals surface area contributed by atoms with Crippen LogP contribution in [0.15, 0.2) is 23.2 Å². The zero-order valence-electron chi connectivity index (χ0n) is 10.1. The minimum absolute atomic E-state index is 0.313. The number of nitrogens with one attached hydrogen (secondary N) is 2. The molecule has 0 radical (unpaired) electrons. The number of thiophene rings is 1. The highest BCUT2D eigenvalue weighted by Gasteiger charge is 2.14. The van der Waals surface area contributed by atoms with Gasteiger partial charge in [-0.05, 0) is 25.3 Å². The van der Waals surface area contributed by atoms with Gasteiger partial charge in [0.2, 0.25) is 0 Å². The summed E-state index contributed by atoms with van der Waals surface area (Å²) in [6.07, 6.45) is 1.53. The van der Waals surface area contributed by atoms with Crippen molar-refractivity contribution in [1.82, 2.24) is 20.2 Å². The van der Waals surface area contributed by atoms with Gasteiger partial charge < -0.3 is 5.32 Å². The van der Waals surface area contributed by atoms with Crippen molar-refractivity contribution in [3.63, 3.8) is 0 Å². The highest BCUT2D eigenvalue weighted by Crippen LogP contribution is 2.30. The lowest BCUT2D eigenvalue weighted by molar-refractivity contribution is 0.890. The number of aromatic nitrogens is 4. The average Bonchev–Trinajstić information content (AvgIpc) is 2.96. The molecule has 3 aromatic rings. The van der Waals surface area contributed by atoms with Gasteiger partial charge in [0.15, 0.2) is 5.65 Å². The Labute approximate surface area is 108 Å². The van der Waals surface area contributed by atoms with Gasteiger partial charge in [0.1, 0.15) is 12.1 Å². The number of H-pyrrole nitrogens is 1. The van der Waals surface area contributed by atoms with Crippen LogP contribution in [0.2, 0.25) is 0 Å². The number of anilines is 1. The van der Waals surface area contributed by atoms with E-state index in [2.05, 4.69) is 50.8 Å². The van der Waals surface area contributed by atoms with Crippen LogP contribution in [0.25, 0.3) is 22.3 Å². The van der Waals surface area contributed by atoms with E-state index in [1.807, 2.05) is 5.38 Å². The van der Waals surface area contributed by atoms with Crippen molar-refractivity contribution in [1.29, 1.82) is 0 Å². The molecule has 3 rings (SSSR count). The average molecular weight is 259 g/mol. The first-order chi connectivity index (χ1) is 8.75. The summed E-state index contributed by atoms with van der Waals surface area (Å²) >= 11 is 1.66. The molecule has 0 atom stereocenters. The number of rotatable bonds is 3. The van der Waals surface area contributed by atoms with Crippen LogP contribution in [-0.4, -0.2) is 26.2 Å². The molecule has 3 heterocycles. The first-order valence-electron chi connectivity index (χ1n) is 5.74. The molecule has 18 heavy (non-hydrogen) atoms. The lowest BCUT2D eigenvalue weighted by atomic mass is 10.2. The first-order valence-corrected chi connectivity index (χ1v) is 6.68. The topological polar surface area (TPSA) is 66.5 Å². The second-order valence-electron chi connectivity index (χ2n) is 4.33. The van der Waals surface area contributed by atoms with Gasteiger partial charge >= 0.3 is 0 Å². The minimum Gasteiger partial charge on any atom is -0.367 e. The van der Waals surface area contributed by atoms with Gasteiger partial charge in [-0.15, -0.1) is 0 Å². The fourth-order valence-corrected chi connectivity index (χ4v) is 2.50. The van der Waals surface area contributed by atoms with Crippen molar-refractivity contribution in [2.45, 2.75) is 19.9 Å². The van der Waals surface area contributed by atoms with Gasteiger partial charge in [-0.3, -0.25) is 5.10 Å². The lowest BCUT2D eigenvalue weighted by Crippen LogP contribution is -2.11. The monoisotopic (exact) mass is 259 g/mol. The molecular formula is C12H13N5S. The second-order valence-corrected chi connectivity index (χ2v) is 5.11. The third kappa shape index (κ3) is 1.84. The molecule has 0 spiro atoms. The summed E-state index contributed by atoms with van der Waals surface area (Å²) in [4.78, 5) is 8.50.